The van der Waals surface area contributed by atoms with Crippen LogP contribution in [0.5, 0.6) is 5.75 Å². The van der Waals surface area contributed by atoms with E-state index < -0.39 is 21.8 Å². The van der Waals surface area contributed by atoms with E-state index in [2.05, 4.69) is 5.32 Å². The zero-order valence-corrected chi connectivity index (χ0v) is 18.0. The largest absolute Gasteiger partial charge is 0.482 e. The van der Waals surface area contributed by atoms with E-state index in [-0.39, 0.29) is 36.8 Å². The second-order valence-corrected chi connectivity index (χ2v) is 9.35. The van der Waals surface area contributed by atoms with E-state index >= 15 is 0 Å². The van der Waals surface area contributed by atoms with Crippen molar-refractivity contribution in [2.45, 2.75) is 4.90 Å². The number of sulfonamides is 1. The van der Waals surface area contributed by atoms with Gasteiger partial charge in [-0.05, 0) is 36.4 Å². The topological polar surface area (TPSA) is 105 Å². The van der Waals surface area contributed by atoms with E-state index in [9.17, 15) is 18.0 Å². The van der Waals surface area contributed by atoms with Crippen molar-refractivity contribution in [3.63, 3.8) is 0 Å². The molecule has 11 heteroatoms. The number of hydrogen-bond donors (Lipinski definition) is 1. The predicted molar refractivity (Wildman–Crippen MR) is 114 cm³/mol. The molecule has 2 heterocycles. The number of carbonyl (C=O) groups is 2. The van der Waals surface area contributed by atoms with Gasteiger partial charge in [0.15, 0.2) is 6.61 Å². The molecule has 0 aliphatic carbocycles. The van der Waals surface area contributed by atoms with Crippen LogP contribution in [0.1, 0.15) is 0 Å². The number of benzene rings is 2. The zero-order valence-electron chi connectivity index (χ0n) is 16.4. The molecular formula is C20H20ClN3O6S. The third kappa shape index (κ3) is 4.67. The molecule has 2 aliphatic rings. The van der Waals surface area contributed by atoms with Crippen LogP contribution in [0.3, 0.4) is 0 Å². The normalized spacial score (nSPS) is 17.1. The van der Waals surface area contributed by atoms with E-state index in [0.29, 0.717) is 29.7 Å². The van der Waals surface area contributed by atoms with Gasteiger partial charge in [0.25, 0.3) is 5.91 Å². The van der Waals surface area contributed by atoms with E-state index in [1.165, 1.54) is 27.4 Å². The highest BCUT2D eigenvalue weighted by atomic mass is 35.5. The number of morpholine rings is 1. The first-order chi connectivity index (χ1) is 14.8. The molecule has 2 aliphatic heterocycles. The van der Waals surface area contributed by atoms with Crippen LogP contribution >= 0.6 is 11.6 Å². The van der Waals surface area contributed by atoms with Crippen molar-refractivity contribution in [3.8, 4) is 5.75 Å². The second-order valence-electron chi connectivity index (χ2n) is 6.97. The number of fused-ring (bicyclic) bond motifs is 1. The summed E-state index contributed by atoms with van der Waals surface area (Å²) in [5, 5.41) is 3.14. The lowest BCUT2D eigenvalue weighted by molar-refractivity contribution is -0.123. The minimum atomic E-state index is -3.77. The van der Waals surface area contributed by atoms with Crippen LogP contribution in [0.4, 0.5) is 11.4 Å². The summed E-state index contributed by atoms with van der Waals surface area (Å²) >= 11 is 5.93. The molecule has 0 spiro atoms. The number of hydrogen-bond acceptors (Lipinski definition) is 6. The Labute approximate surface area is 184 Å². The molecule has 1 fully saturated rings. The van der Waals surface area contributed by atoms with Crippen LogP contribution in [-0.2, 0) is 24.3 Å². The van der Waals surface area contributed by atoms with E-state index in [4.69, 9.17) is 21.1 Å². The summed E-state index contributed by atoms with van der Waals surface area (Å²) in [4.78, 5) is 26.3. The van der Waals surface area contributed by atoms with Crippen molar-refractivity contribution in [2.24, 2.45) is 0 Å². The molecule has 1 N–H and O–H groups in total. The minimum Gasteiger partial charge on any atom is -0.482 e. The molecule has 0 saturated carbocycles. The Morgan fingerprint density at radius 3 is 2.65 bits per heavy atom. The molecule has 164 valence electrons. The Bertz CT molecular complexity index is 1120. The number of amides is 2. The van der Waals surface area contributed by atoms with Gasteiger partial charge in [-0.25, -0.2) is 8.42 Å². The van der Waals surface area contributed by atoms with Gasteiger partial charge in [0, 0.05) is 23.8 Å². The lowest BCUT2D eigenvalue weighted by atomic mass is 10.2. The molecule has 2 aromatic carbocycles. The van der Waals surface area contributed by atoms with Crippen LogP contribution in [0.2, 0.25) is 5.02 Å². The van der Waals surface area contributed by atoms with Gasteiger partial charge < -0.3 is 14.8 Å². The Morgan fingerprint density at radius 1 is 1.13 bits per heavy atom. The number of rotatable bonds is 5. The van der Waals surface area contributed by atoms with Gasteiger partial charge in [0.05, 0.1) is 23.8 Å². The van der Waals surface area contributed by atoms with E-state index in [1.807, 2.05) is 0 Å². The fraction of sp³-hybridized carbons (Fsp3) is 0.300. The van der Waals surface area contributed by atoms with Crippen LogP contribution in [-0.4, -0.2) is 64.0 Å². The third-order valence-electron chi connectivity index (χ3n) is 4.89. The van der Waals surface area contributed by atoms with Crippen molar-refractivity contribution in [1.29, 1.82) is 0 Å². The minimum absolute atomic E-state index is 0.0201. The monoisotopic (exact) mass is 465 g/mol. The van der Waals surface area contributed by atoms with Crippen LogP contribution in [0.25, 0.3) is 0 Å². The Balaban J connectivity index is 1.59. The summed E-state index contributed by atoms with van der Waals surface area (Å²) in [5.41, 5.74) is 0.717. The Hall–Kier alpha value is -2.66. The molecule has 2 amide bonds. The molecule has 2 aromatic rings. The standard InChI is InChI=1S/C20H20ClN3O6S/c21-14-2-1-3-15(10-14)22-19(25)12-24-17-11-16(4-5-18(17)30-13-20(24)26)31(27,28)23-6-8-29-9-7-23/h1-5,10-11H,6-9,12-13H2,(H,22,25). The molecule has 0 radical (unpaired) electrons. The van der Waals surface area contributed by atoms with Gasteiger partial charge in [0.2, 0.25) is 15.9 Å². The summed E-state index contributed by atoms with van der Waals surface area (Å²) in [6.07, 6.45) is 0. The zero-order chi connectivity index (χ0) is 22.0. The Morgan fingerprint density at radius 2 is 1.90 bits per heavy atom. The summed E-state index contributed by atoms with van der Waals surface area (Å²) in [6.45, 7) is 0.597. The summed E-state index contributed by atoms with van der Waals surface area (Å²) < 4.78 is 38.0. The highest BCUT2D eigenvalue weighted by Gasteiger charge is 2.32. The smallest absolute Gasteiger partial charge is 0.265 e. The lowest BCUT2D eigenvalue weighted by Crippen LogP contribution is -2.44. The molecular weight excluding hydrogens is 446 g/mol. The molecule has 0 aromatic heterocycles. The van der Waals surface area contributed by atoms with Gasteiger partial charge in [0.1, 0.15) is 12.3 Å². The molecule has 0 atom stereocenters. The highest BCUT2D eigenvalue weighted by Crippen LogP contribution is 2.35. The number of halogens is 1. The van der Waals surface area contributed by atoms with Gasteiger partial charge in [-0.3, -0.25) is 14.5 Å². The van der Waals surface area contributed by atoms with Gasteiger partial charge in [-0.2, -0.15) is 4.31 Å². The molecule has 0 bridgehead atoms. The molecule has 9 nitrogen and oxygen atoms in total. The summed E-state index contributed by atoms with van der Waals surface area (Å²) in [5.74, 6) is -0.573. The first-order valence-electron chi connectivity index (χ1n) is 9.55. The lowest BCUT2D eigenvalue weighted by Gasteiger charge is -2.30. The summed E-state index contributed by atoms with van der Waals surface area (Å²) in [7, 11) is -3.77. The number of ether oxygens (including phenoxy) is 2. The van der Waals surface area contributed by atoms with Crippen molar-refractivity contribution in [2.75, 3.05) is 49.7 Å². The van der Waals surface area contributed by atoms with Crippen LogP contribution < -0.4 is 15.0 Å². The maximum atomic E-state index is 13.0. The maximum absolute atomic E-state index is 13.0. The van der Waals surface area contributed by atoms with Gasteiger partial charge >= 0.3 is 0 Å². The Kier molecular flexibility index (Phi) is 6.15. The average Bonchev–Trinajstić information content (AvgIpc) is 2.76. The molecule has 31 heavy (non-hydrogen) atoms. The number of anilines is 2. The van der Waals surface area contributed by atoms with Gasteiger partial charge in [-0.1, -0.05) is 17.7 Å². The molecule has 1 saturated heterocycles. The first kappa shape index (κ1) is 21.6. The highest BCUT2D eigenvalue weighted by molar-refractivity contribution is 7.89. The molecule has 4 rings (SSSR count). The average molecular weight is 466 g/mol. The fourth-order valence-electron chi connectivity index (χ4n) is 3.36. The van der Waals surface area contributed by atoms with Crippen molar-refractivity contribution < 1.29 is 27.5 Å². The third-order valence-corrected chi connectivity index (χ3v) is 7.02. The number of nitrogens with one attached hydrogen (secondary N) is 1. The predicted octanol–water partition coefficient (Wildman–Crippen LogP) is 1.72. The van der Waals surface area contributed by atoms with Crippen LogP contribution in [0.15, 0.2) is 47.4 Å². The quantitative estimate of drug-likeness (QED) is 0.721. The molecule has 0 unspecified atom stereocenters. The second kappa shape index (κ2) is 8.83. The maximum Gasteiger partial charge on any atom is 0.265 e. The SMILES string of the molecule is O=C(CN1C(=O)COc2ccc(S(=O)(=O)N3CCOCC3)cc21)Nc1cccc(Cl)c1. The van der Waals surface area contributed by atoms with Crippen LogP contribution in [0, 0.1) is 0 Å². The fourth-order valence-corrected chi connectivity index (χ4v) is 4.98. The van der Waals surface area contributed by atoms with Crippen molar-refractivity contribution in [3.05, 3.63) is 47.5 Å². The van der Waals surface area contributed by atoms with Crippen molar-refractivity contribution >= 4 is 44.8 Å². The first-order valence-corrected chi connectivity index (χ1v) is 11.4. The number of carbonyl (C=O) groups excluding carboxylic acids is 2. The van der Waals surface area contributed by atoms with Crippen molar-refractivity contribution in [1.82, 2.24) is 4.31 Å². The number of nitrogens with zero attached hydrogens (tertiary/aromatic N) is 2. The van der Waals surface area contributed by atoms with Gasteiger partial charge in [-0.15, -0.1) is 0 Å². The summed E-state index contributed by atoms with van der Waals surface area (Å²) in [6, 6.07) is 10.9. The van der Waals surface area contributed by atoms with E-state index in [1.54, 1.807) is 24.3 Å². The van der Waals surface area contributed by atoms with E-state index in [0.717, 1.165) is 0 Å².